The van der Waals surface area contributed by atoms with E-state index in [-0.39, 0.29) is 11.4 Å². The monoisotopic (exact) mass is 463 g/mol. The summed E-state index contributed by atoms with van der Waals surface area (Å²) in [5.74, 6) is 5.70. The second kappa shape index (κ2) is 9.26. The van der Waals surface area contributed by atoms with Crippen molar-refractivity contribution in [3.63, 3.8) is 0 Å². The Bertz CT molecular complexity index is 986. The molecule has 7 heteroatoms. The van der Waals surface area contributed by atoms with Crippen molar-refractivity contribution in [1.82, 2.24) is 4.31 Å². The molecule has 2 rings (SSSR count). The van der Waals surface area contributed by atoms with E-state index in [0.29, 0.717) is 16.5 Å². The summed E-state index contributed by atoms with van der Waals surface area (Å²) < 4.78 is 32.6. The lowest BCUT2D eigenvalue weighted by atomic mass is 10.2. The number of carbonyl (C=O) groups is 1. The molecule has 0 fully saturated rings. The molecule has 0 aliphatic rings. The molecule has 0 bridgehead atoms. The summed E-state index contributed by atoms with van der Waals surface area (Å²) in [6, 6.07) is 15.1. The fourth-order valence-corrected chi connectivity index (χ4v) is 3.78. The van der Waals surface area contributed by atoms with Gasteiger partial charge in [-0.2, -0.15) is 4.31 Å². The Kier molecular flexibility index (Phi) is 7.28. The van der Waals surface area contributed by atoms with Crippen LogP contribution in [0.25, 0.3) is 0 Å². The second-order valence-corrected chi connectivity index (χ2v) is 9.36. The maximum atomic E-state index is 13.3. The minimum absolute atomic E-state index is 0.0179. The highest BCUT2D eigenvalue weighted by molar-refractivity contribution is 9.09. The number of ether oxygens (including phenoxy) is 1. The first-order chi connectivity index (χ1) is 13.1. The van der Waals surface area contributed by atoms with E-state index < -0.39 is 21.7 Å². The topological polar surface area (TPSA) is 63.7 Å². The lowest BCUT2D eigenvalue weighted by molar-refractivity contribution is 0.0381. The summed E-state index contributed by atoms with van der Waals surface area (Å²) in [7, 11) is -4.14. The standard InChI is InChI=1S/C21H22BrNO4S/c1-21(2,3)27-20(24)23(16-18-9-5-4-6-10-18)28(25,26)19-13-7-11-17(15-19)12-8-14-22/h4-7,9-11,13,15H,14,16H2,1-3H3. The van der Waals surface area contributed by atoms with Crippen LogP contribution in [0.4, 0.5) is 4.79 Å². The molecule has 0 aliphatic heterocycles. The van der Waals surface area contributed by atoms with Crippen LogP contribution in [0.5, 0.6) is 0 Å². The molecule has 0 unspecified atom stereocenters. The summed E-state index contributed by atoms with van der Waals surface area (Å²) in [4.78, 5) is 12.7. The highest BCUT2D eigenvalue weighted by atomic mass is 79.9. The Morgan fingerprint density at radius 2 is 1.79 bits per heavy atom. The first-order valence-electron chi connectivity index (χ1n) is 8.58. The number of nitrogens with zero attached hydrogens (tertiary/aromatic N) is 1. The predicted octanol–water partition coefficient (Wildman–Crippen LogP) is 4.56. The molecule has 28 heavy (non-hydrogen) atoms. The van der Waals surface area contributed by atoms with Gasteiger partial charge in [-0.25, -0.2) is 13.2 Å². The Balaban J connectivity index is 2.47. The molecule has 1 amide bonds. The fraction of sp³-hybridized carbons (Fsp3) is 0.286. The van der Waals surface area contributed by atoms with Crippen molar-refractivity contribution in [2.45, 2.75) is 37.8 Å². The van der Waals surface area contributed by atoms with Crippen molar-refractivity contribution in [2.75, 3.05) is 5.33 Å². The van der Waals surface area contributed by atoms with E-state index >= 15 is 0 Å². The van der Waals surface area contributed by atoms with Crippen LogP contribution in [-0.2, 0) is 21.3 Å². The van der Waals surface area contributed by atoms with Crippen LogP contribution in [0.3, 0.4) is 0 Å². The van der Waals surface area contributed by atoms with E-state index in [4.69, 9.17) is 4.74 Å². The normalized spacial score (nSPS) is 11.3. The van der Waals surface area contributed by atoms with Crippen LogP contribution in [-0.4, -0.2) is 29.7 Å². The molecule has 0 saturated carbocycles. The Morgan fingerprint density at radius 3 is 2.39 bits per heavy atom. The Morgan fingerprint density at radius 1 is 1.11 bits per heavy atom. The Hall–Kier alpha value is -2.30. The smallest absolute Gasteiger partial charge is 0.424 e. The molecule has 0 radical (unpaired) electrons. The van der Waals surface area contributed by atoms with Gasteiger partial charge >= 0.3 is 6.09 Å². The van der Waals surface area contributed by atoms with Gasteiger partial charge in [0.1, 0.15) is 5.60 Å². The third-order valence-corrected chi connectivity index (χ3v) is 5.48. The first kappa shape index (κ1) is 22.0. The second-order valence-electron chi connectivity index (χ2n) is 6.94. The summed E-state index contributed by atoms with van der Waals surface area (Å²) in [5, 5.41) is 0.474. The van der Waals surface area contributed by atoms with Gasteiger partial charge in [0.15, 0.2) is 0 Å². The summed E-state index contributed by atoms with van der Waals surface area (Å²) >= 11 is 3.21. The molecule has 0 saturated heterocycles. The van der Waals surface area contributed by atoms with Gasteiger partial charge in [-0.1, -0.05) is 64.2 Å². The molecule has 2 aromatic rings. The SMILES string of the molecule is CC(C)(C)OC(=O)N(Cc1ccccc1)S(=O)(=O)c1cccc(C#CCBr)c1. The van der Waals surface area contributed by atoms with E-state index in [1.165, 1.54) is 12.1 Å². The van der Waals surface area contributed by atoms with E-state index in [0.717, 1.165) is 4.31 Å². The zero-order chi connectivity index (χ0) is 20.8. The van der Waals surface area contributed by atoms with Crippen LogP contribution in [0.2, 0.25) is 0 Å². The van der Waals surface area contributed by atoms with E-state index in [1.807, 2.05) is 6.07 Å². The predicted molar refractivity (Wildman–Crippen MR) is 113 cm³/mol. The molecule has 0 atom stereocenters. The average Bonchev–Trinajstić information content (AvgIpc) is 2.64. The molecular formula is C21H22BrNO4S. The Labute approximate surface area is 174 Å². The van der Waals surface area contributed by atoms with Crippen molar-refractivity contribution in [3.8, 4) is 11.8 Å². The maximum Gasteiger partial charge on any atom is 0.424 e. The van der Waals surface area contributed by atoms with Crippen molar-refractivity contribution in [1.29, 1.82) is 0 Å². The van der Waals surface area contributed by atoms with Crippen molar-refractivity contribution >= 4 is 32.0 Å². The van der Waals surface area contributed by atoms with Crippen molar-refractivity contribution < 1.29 is 17.9 Å². The number of hydrogen-bond donors (Lipinski definition) is 0. The van der Waals surface area contributed by atoms with Gasteiger partial charge in [-0.3, -0.25) is 0 Å². The number of sulfonamides is 1. The number of amides is 1. The van der Waals surface area contributed by atoms with Crippen LogP contribution in [0.1, 0.15) is 31.9 Å². The summed E-state index contributed by atoms with van der Waals surface area (Å²) in [6.45, 7) is 4.94. The highest BCUT2D eigenvalue weighted by Crippen LogP contribution is 2.22. The molecular weight excluding hydrogens is 442 g/mol. The fourth-order valence-electron chi connectivity index (χ4n) is 2.31. The molecule has 2 aromatic carbocycles. The first-order valence-corrected chi connectivity index (χ1v) is 11.1. The van der Waals surface area contributed by atoms with Crippen molar-refractivity contribution in [2.24, 2.45) is 0 Å². The maximum absolute atomic E-state index is 13.3. The van der Waals surface area contributed by atoms with Gasteiger partial charge in [0.25, 0.3) is 10.0 Å². The van der Waals surface area contributed by atoms with E-state index in [2.05, 4.69) is 27.8 Å². The number of halogens is 1. The van der Waals surface area contributed by atoms with Crippen LogP contribution in [0.15, 0.2) is 59.5 Å². The summed E-state index contributed by atoms with van der Waals surface area (Å²) in [6.07, 6.45) is -0.923. The zero-order valence-corrected chi connectivity index (χ0v) is 18.4. The van der Waals surface area contributed by atoms with Gasteiger partial charge in [0, 0.05) is 5.56 Å². The van der Waals surface area contributed by atoms with Crippen LogP contribution < -0.4 is 0 Å². The van der Waals surface area contributed by atoms with Gasteiger partial charge in [-0.15, -0.1) is 0 Å². The zero-order valence-electron chi connectivity index (χ0n) is 16.0. The van der Waals surface area contributed by atoms with E-state index in [1.54, 1.807) is 57.2 Å². The molecule has 0 spiro atoms. The molecule has 0 N–H and O–H groups in total. The van der Waals surface area contributed by atoms with Gasteiger partial charge < -0.3 is 4.74 Å². The quantitative estimate of drug-likeness (QED) is 0.492. The van der Waals surface area contributed by atoms with Gasteiger partial charge in [-0.05, 0) is 44.5 Å². The molecule has 0 aliphatic carbocycles. The van der Waals surface area contributed by atoms with Crippen LogP contribution >= 0.6 is 15.9 Å². The summed E-state index contributed by atoms with van der Waals surface area (Å²) in [5.41, 5.74) is 0.390. The largest absolute Gasteiger partial charge is 0.443 e. The van der Waals surface area contributed by atoms with Crippen LogP contribution in [0, 0.1) is 11.8 Å². The molecule has 148 valence electrons. The molecule has 5 nitrogen and oxygen atoms in total. The van der Waals surface area contributed by atoms with Crippen molar-refractivity contribution in [3.05, 3.63) is 65.7 Å². The highest BCUT2D eigenvalue weighted by Gasteiger charge is 2.33. The number of carbonyl (C=O) groups excluding carboxylic acids is 1. The lowest BCUT2D eigenvalue weighted by Crippen LogP contribution is -2.40. The molecule has 0 heterocycles. The number of hydrogen-bond acceptors (Lipinski definition) is 4. The minimum atomic E-state index is -4.14. The van der Waals surface area contributed by atoms with E-state index in [9.17, 15) is 13.2 Å². The number of alkyl halides is 1. The molecule has 0 aromatic heterocycles. The lowest BCUT2D eigenvalue weighted by Gasteiger charge is -2.27. The van der Waals surface area contributed by atoms with Gasteiger partial charge in [0.05, 0.1) is 16.8 Å². The third kappa shape index (κ3) is 6.11. The van der Waals surface area contributed by atoms with Gasteiger partial charge in [0.2, 0.25) is 0 Å². The third-order valence-electron chi connectivity index (χ3n) is 3.49. The minimum Gasteiger partial charge on any atom is -0.443 e. The number of rotatable bonds is 4. The number of benzene rings is 2. The average molecular weight is 464 g/mol.